The molecule has 0 unspecified atom stereocenters. The van der Waals surface area contributed by atoms with E-state index in [0.29, 0.717) is 17.0 Å². The van der Waals surface area contributed by atoms with Gasteiger partial charge in [0.1, 0.15) is 5.82 Å². The molecule has 1 aliphatic rings. The molecular formula is C25H31Cl2FN2O4S. The Morgan fingerprint density at radius 2 is 1.74 bits per heavy atom. The zero-order valence-corrected chi connectivity index (χ0v) is 22.0. The van der Waals surface area contributed by atoms with E-state index >= 15 is 0 Å². The van der Waals surface area contributed by atoms with Crippen LogP contribution in [0.4, 0.5) is 10.1 Å². The molecule has 2 aromatic carbocycles. The van der Waals surface area contributed by atoms with Crippen LogP contribution in [0, 0.1) is 5.82 Å². The Morgan fingerprint density at radius 1 is 1.11 bits per heavy atom. The molecule has 1 aliphatic heterocycles. The van der Waals surface area contributed by atoms with E-state index in [-0.39, 0.29) is 41.5 Å². The molecule has 2 N–H and O–H groups in total. The Balaban J connectivity index is 0.00000432. The van der Waals surface area contributed by atoms with Crippen molar-refractivity contribution in [3.8, 4) is 0 Å². The van der Waals surface area contributed by atoms with Crippen molar-refractivity contribution in [3.05, 3.63) is 58.4 Å². The summed E-state index contributed by atoms with van der Waals surface area (Å²) in [6, 6.07) is 7.43. The number of nitrogens with zero attached hydrogens (tertiary/aromatic N) is 1. The molecule has 1 amide bonds. The molecule has 1 atom stereocenters. The van der Waals surface area contributed by atoms with E-state index in [0.717, 1.165) is 38.2 Å². The van der Waals surface area contributed by atoms with Crippen LogP contribution < -0.4 is 10.6 Å². The maximum atomic E-state index is 14.9. The van der Waals surface area contributed by atoms with Gasteiger partial charge in [-0.25, -0.2) is 12.8 Å². The molecule has 35 heavy (non-hydrogen) atoms. The molecule has 2 aromatic rings. The van der Waals surface area contributed by atoms with Crippen molar-refractivity contribution in [2.24, 2.45) is 5.73 Å². The quantitative estimate of drug-likeness (QED) is 0.315. The van der Waals surface area contributed by atoms with Gasteiger partial charge < -0.3 is 10.6 Å². The van der Waals surface area contributed by atoms with Crippen molar-refractivity contribution in [2.45, 2.75) is 69.4 Å². The minimum atomic E-state index is -4.05. The number of hydrogen-bond acceptors (Lipinski definition) is 5. The molecular weight excluding hydrogens is 514 g/mol. The highest BCUT2D eigenvalue weighted by molar-refractivity contribution is 7.91. The van der Waals surface area contributed by atoms with E-state index in [1.165, 1.54) is 11.0 Å². The second-order valence-corrected chi connectivity index (χ2v) is 11.1. The Bertz CT molecular complexity index is 1160. The predicted octanol–water partition coefficient (Wildman–Crippen LogP) is 5.48. The van der Waals surface area contributed by atoms with Crippen molar-refractivity contribution in [3.63, 3.8) is 0 Å². The number of benzene rings is 2. The standard InChI is InChI=1S/C25H30ClFN2O4S.ClH/c1-2-3-4-5-6-7-8-23(30)19-13-22-24(14-20(19)27)34(32,33)16-21(28)25(31)29(22)15-17-9-11-18(26)12-10-17;/h9-14,21H,2-8,15-16,28H2,1H3;1H/t21-;/m0./s1. The maximum absolute atomic E-state index is 14.9. The fourth-order valence-corrected chi connectivity index (χ4v) is 5.76. The first-order valence-electron chi connectivity index (χ1n) is 11.5. The molecule has 6 nitrogen and oxygen atoms in total. The van der Waals surface area contributed by atoms with Gasteiger partial charge in [-0.15, -0.1) is 12.4 Å². The van der Waals surface area contributed by atoms with Gasteiger partial charge in [-0.2, -0.15) is 0 Å². The average molecular weight is 546 g/mol. The van der Waals surface area contributed by atoms with E-state index in [2.05, 4.69) is 6.92 Å². The van der Waals surface area contributed by atoms with E-state index in [4.69, 9.17) is 17.3 Å². The number of fused-ring (bicyclic) bond motifs is 1. The topological polar surface area (TPSA) is 97.5 Å². The summed E-state index contributed by atoms with van der Waals surface area (Å²) in [5.74, 6) is -2.58. The third kappa shape index (κ3) is 7.26. The summed E-state index contributed by atoms with van der Waals surface area (Å²) in [6.07, 6.45) is 6.00. The van der Waals surface area contributed by atoms with Crippen molar-refractivity contribution in [1.29, 1.82) is 0 Å². The highest BCUT2D eigenvalue weighted by atomic mass is 35.5. The maximum Gasteiger partial charge on any atom is 0.245 e. The van der Waals surface area contributed by atoms with Crippen molar-refractivity contribution >= 4 is 51.2 Å². The summed E-state index contributed by atoms with van der Waals surface area (Å²) in [5, 5.41) is 0.510. The summed E-state index contributed by atoms with van der Waals surface area (Å²) >= 11 is 5.94. The number of sulfone groups is 1. The number of rotatable bonds is 10. The van der Waals surface area contributed by atoms with E-state index in [9.17, 15) is 22.4 Å². The summed E-state index contributed by atoms with van der Waals surface area (Å²) in [4.78, 5) is 26.7. The second kappa shape index (κ2) is 12.8. The second-order valence-electron chi connectivity index (χ2n) is 8.68. The van der Waals surface area contributed by atoms with Crippen LogP contribution in [0.15, 0.2) is 41.3 Å². The van der Waals surface area contributed by atoms with Gasteiger partial charge in [-0.3, -0.25) is 9.59 Å². The van der Waals surface area contributed by atoms with Crippen LogP contribution in [0.2, 0.25) is 5.02 Å². The lowest BCUT2D eigenvalue weighted by molar-refractivity contribution is -0.119. The number of Topliss-reactive ketones (excluding diaryl/α,β-unsaturated/α-hetero) is 1. The van der Waals surface area contributed by atoms with Gasteiger partial charge in [0.05, 0.1) is 34.5 Å². The molecule has 0 saturated heterocycles. The van der Waals surface area contributed by atoms with Gasteiger partial charge in [0.2, 0.25) is 5.91 Å². The zero-order valence-electron chi connectivity index (χ0n) is 19.6. The van der Waals surface area contributed by atoms with E-state index < -0.39 is 39.1 Å². The zero-order chi connectivity index (χ0) is 24.9. The predicted molar refractivity (Wildman–Crippen MR) is 139 cm³/mol. The minimum absolute atomic E-state index is 0. The number of hydrogen-bond donors (Lipinski definition) is 1. The molecule has 0 aromatic heterocycles. The van der Waals surface area contributed by atoms with Crippen LogP contribution in [-0.2, 0) is 21.2 Å². The fourth-order valence-electron chi connectivity index (χ4n) is 4.07. The summed E-state index contributed by atoms with van der Waals surface area (Å²) in [7, 11) is -4.05. The molecule has 1 heterocycles. The third-order valence-electron chi connectivity index (χ3n) is 5.97. The molecule has 192 valence electrons. The third-order valence-corrected chi connectivity index (χ3v) is 8.02. The summed E-state index contributed by atoms with van der Waals surface area (Å²) in [5.41, 5.74) is 6.34. The van der Waals surface area contributed by atoms with Gasteiger partial charge in [-0.1, -0.05) is 62.8 Å². The molecule has 0 radical (unpaired) electrons. The van der Waals surface area contributed by atoms with Crippen LogP contribution in [0.3, 0.4) is 0 Å². The largest absolute Gasteiger partial charge is 0.319 e. The number of halogens is 3. The first-order chi connectivity index (χ1) is 16.1. The lowest BCUT2D eigenvalue weighted by atomic mass is 10.0. The summed E-state index contributed by atoms with van der Waals surface area (Å²) < 4.78 is 40.7. The molecule has 0 fully saturated rings. The number of carbonyl (C=O) groups is 2. The minimum Gasteiger partial charge on any atom is -0.319 e. The Labute approximate surface area is 217 Å². The summed E-state index contributed by atoms with van der Waals surface area (Å²) in [6.45, 7) is 2.13. The van der Waals surface area contributed by atoms with Gasteiger partial charge in [0.15, 0.2) is 15.6 Å². The number of ketones is 1. The first kappa shape index (κ1) is 29.2. The lowest BCUT2D eigenvalue weighted by Crippen LogP contribution is -2.45. The molecule has 10 heteroatoms. The number of nitrogens with two attached hydrogens (primary N) is 1. The Morgan fingerprint density at radius 3 is 2.40 bits per heavy atom. The van der Waals surface area contributed by atoms with Crippen molar-refractivity contribution in [1.82, 2.24) is 0 Å². The smallest absolute Gasteiger partial charge is 0.245 e. The number of anilines is 1. The number of carbonyl (C=O) groups excluding carboxylic acids is 2. The highest BCUT2D eigenvalue weighted by Gasteiger charge is 2.37. The number of amides is 1. The SMILES string of the molecule is CCCCCCCCC(=O)c1cc2c(cc1F)S(=O)(=O)C[C@H](N)C(=O)N2Cc1ccc(Cl)cc1.Cl. The van der Waals surface area contributed by atoms with E-state index in [1.54, 1.807) is 24.3 Å². The first-order valence-corrected chi connectivity index (χ1v) is 13.6. The Hall–Kier alpha value is -2.00. The van der Waals surface area contributed by atoms with Gasteiger partial charge in [0.25, 0.3) is 0 Å². The number of unbranched alkanes of at least 4 members (excludes halogenated alkanes) is 5. The van der Waals surface area contributed by atoms with Crippen LogP contribution in [0.25, 0.3) is 0 Å². The van der Waals surface area contributed by atoms with Gasteiger partial charge >= 0.3 is 0 Å². The monoisotopic (exact) mass is 544 g/mol. The van der Waals surface area contributed by atoms with Crippen LogP contribution >= 0.6 is 24.0 Å². The molecule has 0 aliphatic carbocycles. The van der Waals surface area contributed by atoms with Crippen LogP contribution in [-0.4, -0.2) is 31.9 Å². The van der Waals surface area contributed by atoms with Gasteiger partial charge in [0, 0.05) is 11.4 Å². The lowest BCUT2D eigenvalue weighted by Gasteiger charge is -2.25. The average Bonchev–Trinajstić information content (AvgIpc) is 2.85. The molecule has 0 bridgehead atoms. The fraction of sp³-hybridized carbons (Fsp3) is 0.440. The highest BCUT2D eigenvalue weighted by Crippen LogP contribution is 2.34. The molecule has 0 saturated carbocycles. The molecule has 3 rings (SSSR count). The Kier molecular flexibility index (Phi) is 10.7. The van der Waals surface area contributed by atoms with Gasteiger partial charge in [-0.05, 0) is 36.2 Å². The van der Waals surface area contributed by atoms with E-state index in [1.807, 2.05) is 0 Å². The van der Waals surface area contributed by atoms with Crippen LogP contribution in [0.5, 0.6) is 0 Å². The normalized spacial score (nSPS) is 16.9. The van der Waals surface area contributed by atoms with Crippen molar-refractivity contribution in [2.75, 3.05) is 10.7 Å². The van der Waals surface area contributed by atoms with Crippen LogP contribution in [0.1, 0.15) is 67.8 Å². The van der Waals surface area contributed by atoms with Crippen molar-refractivity contribution < 1.29 is 22.4 Å². The molecule has 0 spiro atoms.